The zero-order valence-electron chi connectivity index (χ0n) is 15.3. The SMILES string of the molecule is CN(Cc1cccc(Cl)c1)S(=O)(=O)Cc1cncn1Cc1ccc(C#N)cc1. The lowest BCUT2D eigenvalue weighted by Crippen LogP contribution is -2.28. The third-order valence-electron chi connectivity index (χ3n) is 4.33. The van der Waals surface area contributed by atoms with Crippen LogP contribution in [0.5, 0.6) is 0 Å². The fourth-order valence-corrected chi connectivity index (χ4v) is 4.17. The number of rotatable bonds is 7. The summed E-state index contributed by atoms with van der Waals surface area (Å²) < 4.78 is 28.7. The fourth-order valence-electron chi connectivity index (χ4n) is 2.78. The lowest BCUT2D eigenvalue weighted by atomic mass is 10.1. The summed E-state index contributed by atoms with van der Waals surface area (Å²) in [6, 6.07) is 16.4. The summed E-state index contributed by atoms with van der Waals surface area (Å²) in [7, 11) is -1.98. The Labute approximate surface area is 169 Å². The maximum atomic E-state index is 12.8. The van der Waals surface area contributed by atoms with Crippen molar-refractivity contribution in [1.82, 2.24) is 13.9 Å². The Hall–Kier alpha value is -2.66. The zero-order valence-corrected chi connectivity index (χ0v) is 16.9. The maximum absolute atomic E-state index is 12.8. The van der Waals surface area contributed by atoms with E-state index in [4.69, 9.17) is 16.9 Å². The van der Waals surface area contributed by atoms with E-state index in [2.05, 4.69) is 11.1 Å². The van der Waals surface area contributed by atoms with Gasteiger partial charge in [-0.05, 0) is 35.4 Å². The van der Waals surface area contributed by atoms with Crippen LogP contribution in [0, 0.1) is 11.3 Å². The summed E-state index contributed by atoms with van der Waals surface area (Å²) in [4.78, 5) is 4.10. The molecule has 28 heavy (non-hydrogen) atoms. The Morgan fingerprint density at radius 1 is 1.18 bits per heavy atom. The van der Waals surface area contributed by atoms with E-state index in [1.54, 1.807) is 54.5 Å². The van der Waals surface area contributed by atoms with E-state index in [-0.39, 0.29) is 12.3 Å². The Kier molecular flexibility index (Phi) is 6.15. The van der Waals surface area contributed by atoms with E-state index in [0.717, 1.165) is 11.1 Å². The predicted molar refractivity (Wildman–Crippen MR) is 108 cm³/mol. The van der Waals surface area contributed by atoms with Gasteiger partial charge in [-0.2, -0.15) is 5.26 Å². The van der Waals surface area contributed by atoms with E-state index >= 15 is 0 Å². The number of hydrogen-bond acceptors (Lipinski definition) is 4. The van der Waals surface area contributed by atoms with E-state index in [1.807, 2.05) is 18.2 Å². The van der Waals surface area contributed by atoms with Crippen LogP contribution in [0.3, 0.4) is 0 Å². The van der Waals surface area contributed by atoms with Crippen molar-refractivity contribution in [2.75, 3.05) is 7.05 Å². The highest BCUT2D eigenvalue weighted by atomic mass is 35.5. The first-order valence-electron chi connectivity index (χ1n) is 8.54. The second kappa shape index (κ2) is 8.57. The van der Waals surface area contributed by atoms with Gasteiger partial charge in [0.25, 0.3) is 0 Å². The predicted octanol–water partition coefficient (Wildman–Crippen LogP) is 3.42. The second-order valence-electron chi connectivity index (χ2n) is 6.46. The highest BCUT2D eigenvalue weighted by Crippen LogP contribution is 2.17. The van der Waals surface area contributed by atoms with Gasteiger partial charge >= 0.3 is 0 Å². The third kappa shape index (κ3) is 4.98. The molecule has 0 radical (unpaired) electrons. The highest BCUT2D eigenvalue weighted by molar-refractivity contribution is 7.88. The van der Waals surface area contributed by atoms with Gasteiger partial charge in [0.05, 0.1) is 23.7 Å². The van der Waals surface area contributed by atoms with E-state index in [9.17, 15) is 8.42 Å². The quantitative estimate of drug-likeness (QED) is 0.593. The molecule has 0 saturated carbocycles. The summed E-state index contributed by atoms with van der Waals surface area (Å²) in [6.07, 6.45) is 3.18. The van der Waals surface area contributed by atoms with Crippen LogP contribution in [0.25, 0.3) is 0 Å². The summed E-state index contributed by atoms with van der Waals surface area (Å²) in [6.45, 7) is 0.723. The van der Waals surface area contributed by atoms with Crippen LogP contribution in [-0.2, 0) is 28.9 Å². The Bertz CT molecular complexity index is 1100. The molecule has 0 spiro atoms. The van der Waals surface area contributed by atoms with Crippen molar-refractivity contribution < 1.29 is 8.42 Å². The van der Waals surface area contributed by atoms with Crippen LogP contribution in [0.15, 0.2) is 61.1 Å². The lowest BCUT2D eigenvalue weighted by molar-refractivity contribution is 0.464. The number of hydrogen-bond donors (Lipinski definition) is 0. The van der Waals surface area contributed by atoms with E-state index in [1.165, 1.54) is 4.31 Å². The minimum atomic E-state index is -3.53. The largest absolute Gasteiger partial charge is 0.329 e. The average Bonchev–Trinajstić information content (AvgIpc) is 3.08. The smallest absolute Gasteiger partial charge is 0.219 e. The summed E-state index contributed by atoms with van der Waals surface area (Å²) in [5, 5.41) is 9.46. The molecular formula is C20H19ClN4O2S. The van der Waals surface area contributed by atoms with Gasteiger partial charge in [0.1, 0.15) is 5.75 Å². The van der Waals surface area contributed by atoms with Crippen molar-refractivity contribution in [3.63, 3.8) is 0 Å². The van der Waals surface area contributed by atoms with Crippen LogP contribution in [0.1, 0.15) is 22.4 Å². The van der Waals surface area contributed by atoms with Crippen LogP contribution in [0.2, 0.25) is 5.02 Å². The first-order valence-corrected chi connectivity index (χ1v) is 10.5. The lowest BCUT2D eigenvalue weighted by Gasteiger charge is -2.18. The molecule has 0 aliphatic rings. The van der Waals surface area contributed by atoms with Gasteiger partial charge in [-0.15, -0.1) is 0 Å². The van der Waals surface area contributed by atoms with Gasteiger partial charge < -0.3 is 4.57 Å². The molecule has 0 fully saturated rings. The van der Waals surface area contributed by atoms with Crippen molar-refractivity contribution in [3.05, 3.63) is 88.5 Å². The topological polar surface area (TPSA) is 79.0 Å². The molecule has 0 aliphatic carbocycles. The average molecular weight is 415 g/mol. The van der Waals surface area contributed by atoms with Crippen molar-refractivity contribution in [3.8, 4) is 6.07 Å². The molecule has 2 aromatic carbocycles. The van der Waals surface area contributed by atoms with E-state index in [0.29, 0.717) is 22.8 Å². The summed E-state index contributed by atoms with van der Waals surface area (Å²) in [5.74, 6) is -0.152. The van der Waals surface area contributed by atoms with Crippen LogP contribution >= 0.6 is 11.6 Å². The molecule has 1 aromatic heterocycles. The van der Waals surface area contributed by atoms with Crippen LogP contribution in [-0.4, -0.2) is 29.3 Å². The number of nitrogens with zero attached hydrogens (tertiary/aromatic N) is 4. The molecule has 1 heterocycles. The minimum Gasteiger partial charge on any atom is -0.329 e. The maximum Gasteiger partial charge on any atom is 0.219 e. The fraction of sp³-hybridized carbons (Fsp3) is 0.200. The molecule has 0 N–H and O–H groups in total. The van der Waals surface area contributed by atoms with Crippen LogP contribution < -0.4 is 0 Å². The van der Waals surface area contributed by atoms with Gasteiger partial charge in [0.15, 0.2) is 0 Å². The van der Waals surface area contributed by atoms with Gasteiger partial charge in [0.2, 0.25) is 10.0 Å². The second-order valence-corrected chi connectivity index (χ2v) is 8.98. The zero-order chi connectivity index (χ0) is 20.1. The number of benzene rings is 2. The molecule has 0 saturated heterocycles. The molecule has 0 bridgehead atoms. The normalized spacial score (nSPS) is 11.5. The monoisotopic (exact) mass is 414 g/mol. The van der Waals surface area contributed by atoms with Crippen molar-refractivity contribution in [2.45, 2.75) is 18.8 Å². The van der Waals surface area contributed by atoms with Gasteiger partial charge in [-0.25, -0.2) is 17.7 Å². The van der Waals surface area contributed by atoms with Gasteiger partial charge in [-0.3, -0.25) is 0 Å². The van der Waals surface area contributed by atoms with Gasteiger partial charge in [-0.1, -0.05) is 35.9 Å². The van der Waals surface area contributed by atoms with Crippen molar-refractivity contribution in [2.24, 2.45) is 0 Å². The molecule has 8 heteroatoms. The first-order chi connectivity index (χ1) is 13.4. The Morgan fingerprint density at radius 2 is 1.93 bits per heavy atom. The Morgan fingerprint density at radius 3 is 2.61 bits per heavy atom. The number of imidazole rings is 1. The molecule has 0 amide bonds. The number of halogens is 1. The number of sulfonamides is 1. The number of nitriles is 1. The molecule has 0 aliphatic heterocycles. The van der Waals surface area contributed by atoms with Crippen LogP contribution in [0.4, 0.5) is 0 Å². The van der Waals surface area contributed by atoms with E-state index < -0.39 is 10.0 Å². The Balaban J connectivity index is 1.72. The van der Waals surface area contributed by atoms with Crippen molar-refractivity contribution >= 4 is 21.6 Å². The molecule has 144 valence electrons. The summed E-state index contributed by atoms with van der Waals surface area (Å²) >= 11 is 5.98. The standard InChI is InChI=1S/C20H19ClN4O2S/c1-24(12-18-3-2-4-19(21)9-18)28(26,27)14-20-11-23-15-25(20)13-17-7-5-16(10-22)6-8-17/h2-9,11,15H,12-14H2,1H3. The molecule has 3 aromatic rings. The highest BCUT2D eigenvalue weighted by Gasteiger charge is 2.21. The summed E-state index contributed by atoms with van der Waals surface area (Å²) in [5.41, 5.74) is 2.97. The van der Waals surface area contributed by atoms with Gasteiger partial charge in [0, 0.05) is 31.4 Å². The molecule has 3 rings (SSSR count). The first kappa shape index (κ1) is 20.1. The van der Waals surface area contributed by atoms with Crippen molar-refractivity contribution in [1.29, 1.82) is 5.26 Å². The molecule has 6 nitrogen and oxygen atoms in total. The number of aromatic nitrogens is 2. The third-order valence-corrected chi connectivity index (χ3v) is 6.31. The molecular weight excluding hydrogens is 396 g/mol. The molecule has 0 atom stereocenters. The minimum absolute atomic E-state index is 0.152. The molecule has 0 unspecified atom stereocenters.